The Hall–Kier alpha value is -3.17. The second-order valence-electron chi connectivity index (χ2n) is 5.14. The molecule has 0 saturated heterocycles. The van der Waals surface area contributed by atoms with Gasteiger partial charge in [-0.3, -0.25) is 9.36 Å². The molecular weight excluding hydrogens is 320 g/mol. The Labute approximate surface area is 144 Å². The van der Waals surface area contributed by atoms with Gasteiger partial charge in [0.15, 0.2) is 4.77 Å². The zero-order chi connectivity index (χ0) is 16.9. The molecule has 0 bridgehead atoms. The first-order chi connectivity index (χ1) is 11.7. The Morgan fingerprint density at radius 2 is 2.00 bits per heavy atom. The highest BCUT2D eigenvalue weighted by molar-refractivity contribution is 7.71. The number of imidazole rings is 1. The summed E-state index contributed by atoms with van der Waals surface area (Å²) in [6, 6.07) is 18.7. The predicted molar refractivity (Wildman–Crippen MR) is 93.3 cm³/mol. The van der Waals surface area contributed by atoms with E-state index in [9.17, 15) is 4.79 Å². The van der Waals surface area contributed by atoms with Crippen LogP contribution < -0.4 is 5.32 Å². The number of nitriles is 1. The van der Waals surface area contributed by atoms with E-state index in [1.54, 1.807) is 29.0 Å². The summed E-state index contributed by atoms with van der Waals surface area (Å²) in [6.45, 7) is 0.334. The molecule has 118 valence electrons. The first-order valence-corrected chi connectivity index (χ1v) is 7.73. The number of nitrogens with zero attached hydrogens (tertiary/aromatic N) is 2. The van der Waals surface area contributed by atoms with Crippen molar-refractivity contribution >= 4 is 18.1 Å². The maximum Gasteiger partial charge on any atom is 0.270 e. The molecule has 0 aliphatic carbocycles. The van der Waals surface area contributed by atoms with E-state index in [2.05, 4.69) is 16.4 Å². The molecular formula is C18H14N4OS. The average Bonchev–Trinajstić information content (AvgIpc) is 3.02. The highest BCUT2D eigenvalue weighted by Crippen LogP contribution is 2.13. The minimum atomic E-state index is -0.242. The molecule has 5 nitrogen and oxygen atoms in total. The molecule has 0 spiro atoms. The van der Waals surface area contributed by atoms with Gasteiger partial charge in [0.05, 0.1) is 11.6 Å². The summed E-state index contributed by atoms with van der Waals surface area (Å²) in [5, 5.41) is 11.8. The molecule has 1 aromatic heterocycles. The van der Waals surface area contributed by atoms with Gasteiger partial charge in [0.2, 0.25) is 0 Å². The van der Waals surface area contributed by atoms with E-state index in [4.69, 9.17) is 17.5 Å². The van der Waals surface area contributed by atoms with E-state index in [1.165, 1.54) is 0 Å². The van der Waals surface area contributed by atoms with E-state index in [1.807, 2.05) is 36.4 Å². The van der Waals surface area contributed by atoms with Crippen LogP contribution in [0.1, 0.15) is 21.6 Å². The lowest BCUT2D eigenvalue weighted by atomic mass is 10.1. The zero-order valence-corrected chi connectivity index (χ0v) is 13.5. The minimum absolute atomic E-state index is 0.242. The number of nitrogens with one attached hydrogen (secondary N) is 2. The summed E-state index contributed by atoms with van der Waals surface area (Å²) in [4.78, 5) is 15.4. The zero-order valence-electron chi connectivity index (χ0n) is 12.7. The van der Waals surface area contributed by atoms with Crippen LogP contribution in [0.3, 0.4) is 0 Å². The summed E-state index contributed by atoms with van der Waals surface area (Å²) < 4.78 is 2.15. The Balaban J connectivity index is 1.82. The normalized spacial score (nSPS) is 10.1. The third-order valence-corrected chi connectivity index (χ3v) is 3.83. The molecule has 0 radical (unpaired) electrons. The molecule has 6 heteroatoms. The van der Waals surface area contributed by atoms with Gasteiger partial charge in [-0.1, -0.05) is 30.3 Å². The third kappa shape index (κ3) is 3.26. The quantitative estimate of drug-likeness (QED) is 0.719. The van der Waals surface area contributed by atoms with Gasteiger partial charge in [0.25, 0.3) is 5.91 Å². The number of amides is 1. The van der Waals surface area contributed by atoms with Crippen molar-refractivity contribution in [1.29, 1.82) is 5.26 Å². The van der Waals surface area contributed by atoms with E-state index < -0.39 is 0 Å². The lowest BCUT2D eigenvalue weighted by molar-refractivity contribution is 0.0944. The Kier molecular flexibility index (Phi) is 4.54. The van der Waals surface area contributed by atoms with Crippen LogP contribution in [0.25, 0.3) is 5.69 Å². The molecule has 24 heavy (non-hydrogen) atoms. The van der Waals surface area contributed by atoms with Crippen molar-refractivity contribution < 1.29 is 4.79 Å². The van der Waals surface area contributed by atoms with Crippen molar-refractivity contribution in [3.63, 3.8) is 0 Å². The van der Waals surface area contributed by atoms with E-state index in [0.29, 0.717) is 22.6 Å². The first-order valence-electron chi connectivity index (χ1n) is 7.32. The van der Waals surface area contributed by atoms with Crippen LogP contribution in [0.15, 0.2) is 60.8 Å². The number of benzene rings is 2. The molecule has 1 amide bonds. The topological polar surface area (TPSA) is 73.6 Å². The molecule has 0 unspecified atom stereocenters. The van der Waals surface area contributed by atoms with Crippen molar-refractivity contribution in [2.45, 2.75) is 6.54 Å². The molecule has 0 aliphatic rings. The minimum Gasteiger partial charge on any atom is -0.347 e. The molecule has 0 atom stereocenters. The highest BCUT2D eigenvalue weighted by atomic mass is 32.1. The highest BCUT2D eigenvalue weighted by Gasteiger charge is 2.14. The van der Waals surface area contributed by atoms with Crippen LogP contribution in [0.4, 0.5) is 0 Å². The number of rotatable bonds is 4. The maximum absolute atomic E-state index is 12.5. The number of carbonyl (C=O) groups is 1. The molecule has 1 heterocycles. The lowest BCUT2D eigenvalue weighted by Crippen LogP contribution is -2.25. The summed E-state index contributed by atoms with van der Waals surface area (Å²) >= 11 is 5.28. The van der Waals surface area contributed by atoms with Crippen LogP contribution in [0.2, 0.25) is 0 Å². The monoisotopic (exact) mass is 334 g/mol. The number of aromatic amines is 1. The molecule has 2 N–H and O–H groups in total. The van der Waals surface area contributed by atoms with Crippen LogP contribution in [-0.4, -0.2) is 15.5 Å². The van der Waals surface area contributed by atoms with Gasteiger partial charge in [0, 0.05) is 18.4 Å². The Morgan fingerprint density at radius 1 is 1.21 bits per heavy atom. The summed E-state index contributed by atoms with van der Waals surface area (Å²) in [5.74, 6) is -0.242. The smallest absolute Gasteiger partial charge is 0.270 e. The Bertz CT molecular complexity index is 966. The molecule has 0 saturated carbocycles. The van der Waals surface area contributed by atoms with Crippen molar-refractivity contribution in [2.75, 3.05) is 0 Å². The largest absolute Gasteiger partial charge is 0.347 e. The van der Waals surface area contributed by atoms with Gasteiger partial charge in [0.1, 0.15) is 5.69 Å². The number of H-pyrrole nitrogens is 1. The number of para-hydroxylation sites is 1. The molecule has 3 rings (SSSR count). The predicted octanol–water partition coefficient (Wildman–Crippen LogP) is 3.34. The number of carbonyl (C=O) groups excluding carboxylic acids is 1. The van der Waals surface area contributed by atoms with Crippen LogP contribution in [-0.2, 0) is 6.54 Å². The van der Waals surface area contributed by atoms with Crippen molar-refractivity contribution in [3.8, 4) is 11.8 Å². The van der Waals surface area contributed by atoms with Gasteiger partial charge in [-0.15, -0.1) is 0 Å². The Morgan fingerprint density at radius 3 is 2.75 bits per heavy atom. The SMILES string of the molecule is N#Cc1cccc(CNC(=O)c2c[nH]c(=S)n2-c2ccccc2)c1. The van der Waals surface area contributed by atoms with E-state index in [0.717, 1.165) is 11.3 Å². The van der Waals surface area contributed by atoms with Crippen molar-refractivity contribution in [1.82, 2.24) is 14.9 Å². The lowest BCUT2D eigenvalue weighted by Gasteiger charge is -2.09. The third-order valence-electron chi connectivity index (χ3n) is 3.53. The fraction of sp³-hybridized carbons (Fsp3) is 0.0556. The fourth-order valence-electron chi connectivity index (χ4n) is 2.39. The van der Waals surface area contributed by atoms with Crippen LogP contribution in [0, 0.1) is 16.1 Å². The summed E-state index contributed by atoms with van der Waals surface area (Å²) in [7, 11) is 0. The summed E-state index contributed by atoms with van der Waals surface area (Å²) in [5.41, 5.74) is 2.68. The van der Waals surface area contributed by atoms with Gasteiger partial charge < -0.3 is 10.3 Å². The number of hydrogen-bond donors (Lipinski definition) is 2. The first kappa shape index (κ1) is 15.7. The molecule has 2 aromatic carbocycles. The van der Waals surface area contributed by atoms with Gasteiger partial charge in [-0.25, -0.2) is 0 Å². The molecule has 0 fully saturated rings. The van der Waals surface area contributed by atoms with Crippen molar-refractivity contribution in [2.24, 2.45) is 0 Å². The van der Waals surface area contributed by atoms with Crippen LogP contribution >= 0.6 is 12.2 Å². The van der Waals surface area contributed by atoms with Gasteiger partial charge >= 0.3 is 0 Å². The van der Waals surface area contributed by atoms with Gasteiger partial charge in [-0.05, 0) is 42.0 Å². The average molecular weight is 334 g/mol. The van der Waals surface area contributed by atoms with Crippen molar-refractivity contribution in [3.05, 3.63) is 82.4 Å². The fourth-order valence-corrected chi connectivity index (χ4v) is 2.66. The summed E-state index contributed by atoms with van der Waals surface area (Å²) in [6.07, 6.45) is 1.59. The second kappa shape index (κ2) is 6.94. The molecule has 0 aliphatic heterocycles. The van der Waals surface area contributed by atoms with Gasteiger partial charge in [-0.2, -0.15) is 5.26 Å². The molecule has 3 aromatic rings. The second-order valence-corrected chi connectivity index (χ2v) is 5.53. The van der Waals surface area contributed by atoms with E-state index >= 15 is 0 Å². The maximum atomic E-state index is 12.5. The van der Waals surface area contributed by atoms with Crippen LogP contribution in [0.5, 0.6) is 0 Å². The standard InChI is InChI=1S/C18H14N4OS/c19-10-13-5-4-6-14(9-13)11-20-17(23)16-12-21-18(24)22(16)15-7-2-1-3-8-15/h1-9,12H,11H2,(H,20,23)(H,21,24). The number of aromatic nitrogens is 2. The van der Waals surface area contributed by atoms with E-state index in [-0.39, 0.29) is 5.91 Å². The number of hydrogen-bond acceptors (Lipinski definition) is 3.